The van der Waals surface area contributed by atoms with Crippen LogP contribution in [0.5, 0.6) is 5.75 Å². The maximum atomic E-state index is 5.85. The van der Waals surface area contributed by atoms with Gasteiger partial charge in [0.25, 0.3) is 0 Å². The highest BCUT2D eigenvalue weighted by Gasteiger charge is 2.06. The van der Waals surface area contributed by atoms with Crippen LogP contribution in [-0.2, 0) is 16.0 Å². The number of benzene rings is 1. The first-order valence-electron chi connectivity index (χ1n) is 9.51. The largest absolute Gasteiger partial charge is 0.491 e. The fourth-order valence-corrected chi connectivity index (χ4v) is 2.39. The lowest BCUT2D eigenvalue weighted by molar-refractivity contribution is 0.145. The van der Waals surface area contributed by atoms with Gasteiger partial charge in [0.05, 0.1) is 19.8 Å². The van der Waals surface area contributed by atoms with Gasteiger partial charge in [0.2, 0.25) is 0 Å². The van der Waals surface area contributed by atoms with Crippen molar-refractivity contribution >= 4 is 29.9 Å². The average molecular weight is 508 g/mol. The first-order chi connectivity index (χ1) is 13.1. The topological polar surface area (TPSA) is 67.4 Å². The molecular formula is C20H37IN4O3. The van der Waals surface area contributed by atoms with E-state index >= 15 is 0 Å². The smallest absolute Gasteiger partial charge is 0.191 e. The quantitative estimate of drug-likeness (QED) is 0.185. The summed E-state index contributed by atoms with van der Waals surface area (Å²) in [5, 5.41) is 6.66. The minimum Gasteiger partial charge on any atom is -0.491 e. The number of hydrogen-bond donors (Lipinski definition) is 2. The van der Waals surface area contributed by atoms with E-state index in [4.69, 9.17) is 19.2 Å². The highest BCUT2D eigenvalue weighted by molar-refractivity contribution is 14.0. The summed E-state index contributed by atoms with van der Waals surface area (Å²) in [4.78, 5) is 6.93. The van der Waals surface area contributed by atoms with Gasteiger partial charge in [-0.05, 0) is 32.5 Å². The summed E-state index contributed by atoms with van der Waals surface area (Å²) in [6, 6.07) is 6.20. The fraction of sp³-hybridized carbons (Fsp3) is 0.650. The second-order valence-electron chi connectivity index (χ2n) is 6.37. The summed E-state index contributed by atoms with van der Waals surface area (Å²) < 4.78 is 16.0. The van der Waals surface area contributed by atoms with Crippen LogP contribution in [0.4, 0.5) is 0 Å². The standard InChI is InChI=1S/C20H36N4O3.HI/c1-6-21-20(22-9-10-24(3)11-12-25-4)23-16-18-8-7-17(2)15-19(18)27-14-13-26-5;/h7-8,15H,6,9-14,16H2,1-5H3,(H2,21,22,23);1H. The molecule has 162 valence electrons. The van der Waals surface area contributed by atoms with Crippen molar-refractivity contribution < 1.29 is 14.2 Å². The van der Waals surface area contributed by atoms with Crippen molar-refractivity contribution in [3.05, 3.63) is 29.3 Å². The van der Waals surface area contributed by atoms with Crippen LogP contribution in [0.15, 0.2) is 23.2 Å². The fourth-order valence-electron chi connectivity index (χ4n) is 2.39. The third kappa shape index (κ3) is 11.7. The molecule has 0 aliphatic carbocycles. The maximum Gasteiger partial charge on any atom is 0.191 e. The first kappa shape index (κ1) is 26.9. The number of likely N-dealkylation sites (N-methyl/N-ethyl adjacent to an activating group) is 1. The molecular weight excluding hydrogens is 471 g/mol. The molecule has 0 saturated heterocycles. The Balaban J connectivity index is 0.00000729. The molecule has 0 atom stereocenters. The molecule has 0 radical (unpaired) electrons. The van der Waals surface area contributed by atoms with Gasteiger partial charge in [0, 0.05) is 46.0 Å². The molecule has 0 aliphatic heterocycles. The van der Waals surface area contributed by atoms with Crippen LogP contribution in [0.25, 0.3) is 0 Å². The van der Waals surface area contributed by atoms with Gasteiger partial charge in [-0.25, -0.2) is 4.99 Å². The van der Waals surface area contributed by atoms with Crippen LogP contribution in [0.2, 0.25) is 0 Å². The van der Waals surface area contributed by atoms with Crippen molar-refractivity contribution in [2.24, 2.45) is 4.99 Å². The maximum absolute atomic E-state index is 5.85. The van der Waals surface area contributed by atoms with Crippen molar-refractivity contribution in [2.75, 3.05) is 67.3 Å². The lowest BCUT2D eigenvalue weighted by Crippen LogP contribution is -2.41. The number of halogens is 1. The van der Waals surface area contributed by atoms with E-state index in [0.717, 1.165) is 50.1 Å². The number of guanidine groups is 1. The summed E-state index contributed by atoms with van der Waals surface area (Å²) in [7, 11) is 5.48. The minimum absolute atomic E-state index is 0. The Bertz CT molecular complexity index is 558. The van der Waals surface area contributed by atoms with Gasteiger partial charge in [-0.3, -0.25) is 0 Å². The molecule has 7 nitrogen and oxygen atoms in total. The van der Waals surface area contributed by atoms with E-state index in [2.05, 4.69) is 48.6 Å². The highest BCUT2D eigenvalue weighted by atomic mass is 127. The van der Waals surface area contributed by atoms with E-state index in [9.17, 15) is 0 Å². The van der Waals surface area contributed by atoms with E-state index < -0.39 is 0 Å². The number of nitrogens with zero attached hydrogens (tertiary/aromatic N) is 2. The summed E-state index contributed by atoms with van der Waals surface area (Å²) in [6.07, 6.45) is 0. The Hall–Kier alpha value is -1.10. The Labute approximate surface area is 187 Å². The lowest BCUT2D eigenvalue weighted by atomic mass is 10.1. The number of nitrogens with one attached hydrogen (secondary N) is 2. The molecule has 0 amide bonds. The Kier molecular flexibility index (Phi) is 16.2. The molecule has 0 unspecified atom stereocenters. The monoisotopic (exact) mass is 508 g/mol. The molecule has 0 aromatic heterocycles. The predicted molar refractivity (Wildman–Crippen MR) is 126 cm³/mol. The number of hydrogen-bond acceptors (Lipinski definition) is 5. The van der Waals surface area contributed by atoms with Gasteiger partial charge >= 0.3 is 0 Å². The van der Waals surface area contributed by atoms with Gasteiger partial charge in [-0.2, -0.15) is 0 Å². The number of aliphatic imine (C=N–C) groups is 1. The van der Waals surface area contributed by atoms with Gasteiger partial charge in [0.15, 0.2) is 5.96 Å². The molecule has 1 aromatic rings. The van der Waals surface area contributed by atoms with E-state index in [1.54, 1.807) is 14.2 Å². The van der Waals surface area contributed by atoms with Crippen molar-refractivity contribution in [1.29, 1.82) is 0 Å². The average Bonchev–Trinajstić information content (AvgIpc) is 2.65. The van der Waals surface area contributed by atoms with E-state index in [1.807, 2.05) is 6.07 Å². The second kappa shape index (κ2) is 16.8. The zero-order valence-electron chi connectivity index (χ0n) is 17.9. The zero-order chi connectivity index (χ0) is 19.9. The van der Waals surface area contributed by atoms with E-state index in [-0.39, 0.29) is 24.0 Å². The molecule has 1 rings (SSSR count). The van der Waals surface area contributed by atoms with Gasteiger partial charge in [-0.1, -0.05) is 12.1 Å². The Morgan fingerprint density at radius 1 is 1.07 bits per heavy atom. The molecule has 2 N–H and O–H groups in total. The molecule has 0 spiro atoms. The SMILES string of the molecule is CCNC(=NCc1ccc(C)cc1OCCOC)NCCN(C)CCOC.I. The first-order valence-corrected chi connectivity index (χ1v) is 9.51. The van der Waals surface area contributed by atoms with Gasteiger partial charge < -0.3 is 29.7 Å². The number of rotatable bonds is 13. The Morgan fingerprint density at radius 2 is 1.82 bits per heavy atom. The third-order valence-corrected chi connectivity index (χ3v) is 3.98. The van der Waals surface area contributed by atoms with Crippen LogP contribution in [0.1, 0.15) is 18.1 Å². The molecule has 0 fully saturated rings. The molecule has 0 bridgehead atoms. The van der Waals surface area contributed by atoms with Gasteiger partial charge in [-0.15, -0.1) is 24.0 Å². The van der Waals surface area contributed by atoms with Crippen LogP contribution in [0, 0.1) is 6.92 Å². The molecule has 28 heavy (non-hydrogen) atoms. The number of ether oxygens (including phenoxy) is 3. The van der Waals surface area contributed by atoms with E-state index in [0.29, 0.717) is 19.8 Å². The molecule has 0 saturated carbocycles. The van der Waals surface area contributed by atoms with Crippen molar-refractivity contribution in [3.8, 4) is 5.75 Å². The van der Waals surface area contributed by atoms with Crippen LogP contribution < -0.4 is 15.4 Å². The van der Waals surface area contributed by atoms with E-state index in [1.165, 1.54) is 5.56 Å². The van der Waals surface area contributed by atoms with Crippen molar-refractivity contribution in [3.63, 3.8) is 0 Å². The minimum atomic E-state index is 0. The number of aryl methyl sites for hydroxylation is 1. The third-order valence-electron chi connectivity index (χ3n) is 3.98. The summed E-state index contributed by atoms with van der Waals surface area (Å²) in [6.45, 7) is 9.98. The van der Waals surface area contributed by atoms with Crippen molar-refractivity contribution in [2.45, 2.75) is 20.4 Å². The summed E-state index contributed by atoms with van der Waals surface area (Å²) in [5.41, 5.74) is 2.23. The highest BCUT2D eigenvalue weighted by Crippen LogP contribution is 2.21. The lowest BCUT2D eigenvalue weighted by Gasteiger charge is -2.18. The zero-order valence-corrected chi connectivity index (χ0v) is 20.2. The predicted octanol–water partition coefficient (Wildman–Crippen LogP) is 2.27. The molecule has 8 heteroatoms. The van der Waals surface area contributed by atoms with Crippen molar-refractivity contribution in [1.82, 2.24) is 15.5 Å². The molecule has 1 aromatic carbocycles. The summed E-state index contributed by atoms with van der Waals surface area (Å²) >= 11 is 0. The van der Waals surface area contributed by atoms with Crippen LogP contribution >= 0.6 is 24.0 Å². The number of methoxy groups -OCH3 is 2. The van der Waals surface area contributed by atoms with Crippen LogP contribution in [-0.4, -0.2) is 78.1 Å². The molecule has 0 heterocycles. The summed E-state index contributed by atoms with van der Waals surface area (Å²) in [5.74, 6) is 1.67. The normalized spacial score (nSPS) is 11.3. The second-order valence-corrected chi connectivity index (χ2v) is 6.37. The molecule has 0 aliphatic rings. The van der Waals surface area contributed by atoms with Gasteiger partial charge in [0.1, 0.15) is 12.4 Å². The van der Waals surface area contributed by atoms with Crippen LogP contribution in [0.3, 0.4) is 0 Å². The Morgan fingerprint density at radius 3 is 2.50 bits per heavy atom.